The summed E-state index contributed by atoms with van der Waals surface area (Å²) in [6, 6.07) is 3.27. The highest BCUT2D eigenvalue weighted by Gasteiger charge is 2.43. The number of aliphatic hydroxyl groups excluding tert-OH is 2. The molecule has 7 heteroatoms. The van der Waals surface area contributed by atoms with Crippen LogP contribution in [0.25, 0.3) is 0 Å². The predicted molar refractivity (Wildman–Crippen MR) is 90.2 cm³/mol. The van der Waals surface area contributed by atoms with E-state index in [1.165, 1.54) is 21.3 Å². The molecule has 0 aromatic heterocycles. The van der Waals surface area contributed by atoms with Gasteiger partial charge in [-0.25, -0.2) is 0 Å². The van der Waals surface area contributed by atoms with Crippen LogP contribution in [-0.4, -0.2) is 67.6 Å². The number of hydrogen-bond donors (Lipinski definition) is 2. The Morgan fingerprint density at radius 2 is 1.40 bits per heavy atom. The van der Waals surface area contributed by atoms with Gasteiger partial charge in [0.15, 0.2) is 11.5 Å². The van der Waals surface area contributed by atoms with Crippen LogP contribution < -0.4 is 14.2 Å². The molecule has 1 aromatic rings. The second-order valence-electron chi connectivity index (χ2n) is 6.74. The average molecular weight is 351 g/mol. The summed E-state index contributed by atoms with van der Waals surface area (Å²) in [5, 5.41) is 19.7. The van der Waals surface area contributed by atoms with Crippen LogP contribution in [-0.2, 0) is 0 Å². The van der Waals surface area contributed by atoms with Crippen molar-refractivity contribution in [3.8, 4) is 17.2 Å². The number of amides is 1. The third-order valence-corrected chi connectivity index (χ3v) is 5.33. The minimum absolute atomic E-state index is 0.142. The molecule has 0 radical (unpaired) electrons. The number of rotatable bonds is 4. The van der Waals surface area contributed by atoms with Crippen LogP contribution >= 0.6 is 0 Å². The Hall–Kier alpha value is -1.99. The summed E-state index contributed by atoms with van der Waals surface area (Å²) in [5.41, 5.74) is 0.417. The van der Waals surface area contributed by atoms with E-state index in [4.69, 9.17) is 14.2 Å². The third kappa shape index (κ3) is 3.26. The fraction of sp³-hybridized carbons (Fsp3) is 0.611. The number of ether oxygens (including phenoxy) is 3. The van der Waals surface area contributed by atoms with Crippen molar-refractivity contribution in [1.29, 1.82) is 0 Å². The number of methoxy groups -OCH3 is 3. The van der Waals surface area contributed by atoms with Crippen molar-refractivity contribution in [2.45, 2.75) is 25.0 Å². The maximum Gasteiger partial charge on any atom is 0.257 e. The van der Waals surface area contributed by atoms with Gasteiger partial charge in [-0.3, -0.25) is 4.79 Å². The van der Waals surface area contributed by atoms with E-state index in [2.05, 4.69) is 0 Å². The average Bonchev–Trinajstić information content (AvgIpc) is 3.02. The number of hydrogen-bond acceptors (Lipinski definition) is 6. The molecule has 2 fully saturated rings. The zero-order chi connectivity index (χ0) is 18.1. The van der Waals surface area contributed by atoms with Crippen molar-refractivity contribution in [2.24, 2.45) is 11.8 Å². The van der Waals surface area contributed by atoms with Crippen LogP contribution in [0.15, 0.2) is 12.1 Å². The topological polar surface area (TPSA) is 88.5 Å². The molecule has 3 rings (SSSR count). The molecule has 1 heterocycles. The maximum atomic E-state index is 13.0. The van der Waals surface area contributed by atoms with Crippen molar-refractivity contribution in [3.63, 3.8) is 0 Å². The van der Waals surface area contributed by atoms with Gasteiger partial charge in [0, 0.05) is 25.2 Å². The first-order valence-electron chi connectivity index (χ1n) is 8.43. The minimum atomic E-state index is -0.702. The first kappa shape index (κ1) is 17.8. The van der Waals surface area contributed by atoms with E-state index in [1.54, 1.807) is 17.0 Å². The molecule has 1 saturated heterocycles. The lowest BCUT2D eigenvalue weighted by molar-refractivity contribution is -0.0372. The van der Waals surface area contributed by atoms with Crippen LogP contribution in [0.4, 0.5) is 0 Å². The lowest BCUT2D eigenvalue weighted by Gasteiger charge is -2.31. The fourth-order valence-corrected chi connectivity index (χ4v) is 3.94. The second kappa shape index (κ2) is 7.09. The number of benzene rings is 1. The summed E-state index contributed by atoms with van der Waals surface area (Å²) in [4.78, 5) is 14.8. The summed E-state index contributed by atoms with van der Waals surface area (Å²) < 4.78 is 15.9. The van der Waals surface area contributed by atoms with Crippen molar-refractivity contribution in [1.82, 2.24) is 4.90 Å². The van der Waals surface area contributed by atoms with Crippen molar-refractivity contribution in [3.05, 3.63) is 17.7 Å². The number of carbonyl (C=O) groups excluding carboxylic acids is 1. The lowest BCUT2D eigenvalue weighted by atomic mass is 9.79. The molecule has 7 nitrogen and oxygen atoms in total. The molecule has 1 aliphatic heterocycles. The van der Waals surface area contributed by atoms with Crippen molar-refractivity contribution < 1.29 is 29.2 Å². The van der Waals surface area contributed by atoms with Gasteiger partial charge >= 0.3 is 0 Å². The Morgan fingerprint density at radius 3 is 1.88 bits per heavy atom. The van der Waals surface area contributed by atoms with Gasteiger partial charge in [-0.05, 0) is 24.7 Å². The number of likely N-dealkylation sites (tertiary alicyclic amines) is 1. The van der Waals surface area contributed by atoms with Crippen LogP contribution in [0.2, 0.25) is 0 Å². The quantitative estimate of drug-likeness (QED) is 0.839. The van der Waals surface area contributed by atoms with E-state index in [0.29, 0.717) is 48.7 Å². The van der Waals surface area contributed by atoms with Gasteiger partial charge in [0.05, 0.1) is 39.1 Å². The van der Waals surface area contributed by atoms with E-state index in [0.717, 1.165) is 0 Å². The minimum Gasteiger partial charge on any atom is -0.496 e. The normalized spacial score (nSPS) is 28.4. The molecule has 1 aliphatic carbocycles. The first-order chi connectivity index (χ1) is 12.0. The molecule has 25 heavy (non-hydrogen) atoms. The van der Waals surface area contributed by atoms with E-state index >= 15 is 0 Å². The molecule has 1 amide bonds. The lowest BCUT2D eigenvalue weighted by Crippen LogP contribution is -2.38. The van der Waals surface area contributed by atoms with Crippen molar-refractivity contribution in [2.75, 3.05) is 34.4 Å². The smallest absolute Gasteiger partial charge is 0.257 e. The van der Waals surface area contributed by atoms with Crippen LogP contribution in [0.1, 0.15) is 23.2 Å². The molecular weight excluding hydrogens is 326 g/mol. The van der Waals surface area contributed by atoms with Gasteiger partial charge in [0.25, 0.3) is 5.91 Å². The summed E-state index contributed by atoms with van der Waals surface area (Å²) in [7, 11) is 4.56. The summed E-state index contributed by atoms with van der Waals surface area (Å²) in [6.07, 6.45) is -0.351. The van der Waals surface area contributed by atoms with E-state index in [9.17, 15) is 15.0 Å². The van der Waals surface area contributed by atoms with Gasteiger partial charge < -0.3 is 29.3 Å². The Bertz CT molecular complexity index is 631. The zero-order valence-electron chi connectivity index (χ0n) is 14.8. The van der Waals surface area contributed by atoms with E-state index in [1.807, 2.05) is 0 Å². The van der Waals surface area contributed by atoms with Gasteiger partial charge in [-0.15, -0.1) is 0 Å². The van der Waals surface area contributed by atoms with Gasteiger partial charge in [0.2, 0.25) is 0 Å². The highest BCUT2D eigenvalue weighted by atomic mass is 16.5. The summed E-state index contributed by atoms with van der Waals surface area (Å²) in [6.45, 7) is 1.15. The molecule has 138 valence electrons. The van der Waals surface area contributed by atoms with E-state index < -0.39 is 12.2 Å². The zero-order valence-corrected chi connectivity index (χ0v) is 14.8. The second-order valence-corrected chi connectivity index (χ2v) is 6.74. The number of fused-ring (bicyclic) bond motifs is 1. The Labute approximate surface area is 147 Å². The first-order valence-corrected chi connectivity index (χ1v) is 8.43. The van der Waals surface area contributed by atoms with Gasteiger partial charge in [0.1, 0.15) is 5.75 Å². The van der Waals surface area contributed by atoms with Crippen LogP contribution in [0.3, 0.4) is 0 Å². The summed E-state index contributed by atoms with van der Waals surface area (Å²) in [5.74, 6) is 1.68. The van der Waals surface area contributed by atoms with Crippen LogP contribution in [0.5, 0.6) is 17.2 Å². The summed E-state index contributed by atoms with van der Waals surface area (Å²) >= 11 is 0. The highest BCUT2D eigenvalue weighted by molar-refractivity contribution is 5.98. The molecule has 0 unspecified atom stereocenters. The molecule has 0 bridgehead atoms. The number of nitrogens with zero attached hydrogens (tertiary/aromatic N) is 1. The molecule has 4 atom stereocenters. The molecular formula is C18H25NO6. The number of carbonyl (C=O) groups is 1. The Balaban J connectivity index is 1.84. The molecule has 1 saturated carbocycles. The van der Waals surface area contributed by atoms with Crippen LogP contribution in [0, 0.1) is 11.8 Å². The van der Waals surface area contributed by atoms with E-state index in [-0.39, 0.29) is 17.7 Å². The Morgan fingerprint density at radius 1 is 0.920 bits per heavy atom. The molecule has 2 aliphatic rings. The largest absolute Gasteiger partial charge is 0.496 e. The molecule has 1 aromatic carbocycles. The SMILES string of the molecule is COc1cc(OC)c(C(=O)N2C[C@H]3C[C@H](O)[C@@H](O)C[C@H]3C2)cc1OC. The predicted octanol–water partition coefficient (Wildman–Crippen LogP) is 0.916. The fourth-order valence-electron chi connectivity index (χ4n) is 3.94. The van der Waals surface area contributed by atoms with Gasteiger partial charge in [-0.1, -0.05) is 0 Å². The number of aliphatic hydroxyl groups is 2. The highest BCUT2D eigenvalue weighted by Crippen LogP contribution is 2.39. The Kier molecular flexibility index (Phi) is 5.06. The monoisotopic (exact) mass is 351 g/mol. The molecule has 0 spiro atoms. The molecule has 2 N–H and O–H groups in total. The van der Waals surface area contributed by atoms with Gasteiger partial charge in [-0.2, -0.15) is 0 Å². The maximum absolute atomic E-state index is 13.0. The van der Waals surface area contributed by atoms with Crippen molar-refractivity contribution >= 4 is 5.91 Å². The standard InChI is InChI=1S/C18H25NO6/c1-23-15-7-17(25-3)16(24-2)6-12(15)18(22)19-8-10-4-13(20)14(21)5-11(10)9-19/h6-7,10-11,13-14,20-21H,4-5,8-9H2,1-3H3/t10-,11+,13-,14-/m0/s1. The third-order valence-electron chi connectivity index (χ3n) is 5.33.